The topological polar surface area (TPSA) is 49.0 Å². The van der Waals surface area contributed by atoms with Gasteiger partial charge in [-0.1, -0.05) is 26.0 Å². The van der Waals surface area contributed by atoms with E-state index in [4.69, 9.17) is 0 Å². The lowest BCUT2D eigenvalue weighted by Gasteiger charge is -2.34. The maximum absolute atomic E-state index is 12.1. The Hall–Kier alpha value is -1.68. The first-order valence-corrected chi connectivity index (χ1v) is 7.32. The molecule has 0 saturated carbocycles. The summed E-state index contributed by atoms with van der Waals surface area (Å²) in [7, 11) is 0. The lowest BCUT2D eigenvalue weighted by molar-refractivity contribution is 0.131. The number of aromatic amines is 1. The molecule has 20 heavy (non-hydrogen) atoms. The zero-order chi connectivity index (χ0) is 14.1. The summed E-state index contributed by atoms with van der Waals surface area (Å²) in [4.78, 5) is 22.0. The van der Waals surface area contributed by atoms with Crippen LogP contribution in [0.2, 0.25) is 0 Å². The maximum Gasteiger partial charge on any atom is 0.258 e. The van der Waals surface area contributed by atoms with E-state index >= 15 is 0 Å². The Balaban J connectivity index is 1.86. The first-order valence-electron chi connectivity index (χ1n) is 7.32. The molecule has 2 heterocycles. The van der Waals surface area contributed by atoms with Crippen LogP contribution in [0.1, 0.15) is 26.1 Å². The molecule has 106 valence electrons. The number of H-pyrrole nitrogens is 1. The number of rotatable bonds is 2. The van der Waals surface area contributed by atoms with Crippen molar-refractivity contribution in [3.63, 3.8) is 0 Å². The Morgan fingerprint density at radius 3 is 2.70 bits per heavy atom. The van der Waals surface area contributed by atoms with E-state index in [-0.39, 0.29) is 5.56 Å². The van der Waals surface area contributed by atoms with Crippen LogP contribution < -0.4 is 5.56 Å². The molecule has 1 aromatic carbocycles. The minimum atomic E-state index is -0.0382. The zero-order valence-electron chi connectivity index (χ0n) is 12.1. The molecule has 4 heteroatoms. The molecule has 1 fully saturated rings. The van der Waals surface area contributed by atoms with Gasteiger partial charge in [0.15, 0.2) is 0 Å². The first kappa shape index (κ1) is 13.3. The number of hydrogen-bond donors (Lipinski definition) is 1. The highest BCUT2D eigenvalue weighted by Gasteiger charge is 2.22. The van der Waals surface area contributed by atoms with Crippen molar-refractivity contribution in [3.8, 4) is 0 Å². The van der Waals surface area contributed by atoms with E-state index in [1.165, 1.54) is 6.42 Å². The predicted octanol–water partition coefficient (Wildman–Crippen LogP) is 2.40. The van der Waals surface area contributed by atoms with Gasteiger partial charge in [-0.25, -0.2) is 4.98 Å². The van der Waals surface area contributed by atoms with Gasteiger partial charge >= 0.3 is 0 Å². The normalized spacial score (nSPS) is 24.1. The Bertz CT molecular complexity index is 654. The lowest BCUT2D eigenvalue weighted by Crippen LogP contribution is -2.38. The third-order valence-electron chi connectivity index (χ3n) is 3.98. The summed E-state index contributed by atoms with van der Waals surface area (Å²) < 4.78 is 0. The molecule has 0 aliphatic carbocycles. The number of fused-ring (bicyclic) bond motifs is 1. The fourth-order valence-corrected chi connectivity index (χ4v) is 3.34. The molecule has 2 atom stereocenters. The van der Waals surface area contributed by atoms with Crippen LogP contribution in [0.15, 0.2) is 29.1 Å². The fourth-order valence-electron chi connectivity index (χ4n) is 3.34. The Kier molecular flexibility index (Phi) is 3.57. The summed E-state index contributed by atoms with van der Waals surface area (Å²) in [6, 6.07) is 7.50. The van der Waals surface area contributed by atoms with Gasteiger partial charge in [0.05, 0.1) is 17.4 Å². The van der Waals surface area contributed by atoms with Crippen LogP contribution in [0.3, 0.4) is 0 Å². The summed E-state index contributed by atoms with van der Waals surface area (Å²) in [5, 5.41) is 0.664. The minimum absolute atomic E-state index is 0.0382. The summed E-state index contributed by atoms with van der Waals surface area (Å²) in [6.45, 7) is 7.48. The summed E-state index contributed by atoms with van der Waals surface area (Å²) in [5.41, 5.74) is 0.744. The number of hydrogen-bond acceptors (Lipinski definition) is 3. The van der Waals surface area contributed by atoms with Gasteiger partial charge in [0.1, 0.15) is 5.82 Å². The van der Waals surface area contributed by atoms with E-state index in [1.807, 2.05) is 24.3 Å². The quantitative estimate of drug-likeness (QED) is 0.912. The van der Waals surface area contributed by atoms with Crippen molar-refractivity contribution in [3.05, 3.63) is 40.4 Å². The van der Waals surface area contributed by atoms with Gasteiger partial charge in [-0.3, -0.25) is 9.69 Å². The molecule has 1 saturated heterocycles. The summed E-state index contributed by atoms with van der Waals surface area (Å²) >= 11 is 0. The smallest absolute Gasteiger partial charge is 0.258 e. The SMILES string of the molecule is C[C@@H]1C[C@H](C)CN(Cc2nc3ccccc3c(=O)[nH]2)C1. The first-order chi connectivity index (χ1) is 9.61. The highest BCUT2D eigenvalue weighted by molar-refractivity contribution is 5.77. The van der Waals surface area contributed by atoms with Gasteiger partial charge in [0, 0.05) is 13.1 Å². The number of benzene rings is 1. The van der Waals surface area contributed by atoms with Gasteiger partial charge in [-0.2, -0.15) is 0 Å². The number of likely N-dealkylation sites (tertiary alicyclic amines) is 1. The number of nitrogens with one attached hydrogen (secondary N) is 1. The summed E-state index contributed by atoms with van der Waals surface area (Å²) in [6.07, 6.45) is 1.29. The number of piperidine rings is 1. The molecule has 3 rings (SSSR count). The van der Waals surface area contributed by atoms with Crippen molar-refractivity contribution in [1.82, 2.24) is 14.9 Å². The zero-order valence-corrected chi connectivity index (χ0v) is 12.1. The van der Waals surface area contributed by atoms with Crippen LogP contribution >= 0.6 is 0 Å². The third-order valence-corrected chi connectivity index (χ3v) is 3.98. The second-order valence-electron chi connectivity index (χ2n) is 6.17. The molecular weight excluding hydrogens is 250 g/mol. The van der Waals surface area contributed by atoms with Crippen molar-refractivity contribution < 1.29 is 0 Å². The second-order valence-corrected chi connectivity index (χ2v) is 6.17. The Morgan fingerprint density at radius 2 is 1.95 bits per heavy atom. The molecule has 1 aliphatic rings. The minimum Gasteiger partial charge on any atom is -0.309 e. The molecule has 0 spiro atoms. The largest absolute Gasteiger partial charge is 0.309 e. The van der Waals surface area contributed by atoms with Crippen LogP contribution in [0, 0.1) is 11.8 Å². The third kappa shape index (κ3) is 2.75. The molecule has 1 aromatic heterocycles. The molecule has 4 nitrogen and oxygen atoms in total. The van der Waals surface area contributed by atoms with Gasteiger partial charge in [0.2, 0.25) is 0 Å². The van der Waals surface area contributed by atoms with Gasteiger partial charge in [0.25, 0.3) is 5.56 Å². The van der Waals surface area contributed by atoms with E-state index in [2.05, 4.69) is 28.7 Å². The highest BCUT2D eigenvalue weighted by Crippen LogP contribution is 2.21. The molecule has 0 radical (unpaired) electrons. The van der Waals surface area contributed by atoms with Crippen molar-refractivity contribution >= 4 is 10.9 Å². The number of para-hydroxylation sites is 1. The average Bonchev–Trinajstić information content (AvgIpc) is 2.37. The van der Waals surface area contributed by atoms with Crippen LogP contribution in [-0.2, 0) is 6.54 Å². The maximum atomic E-state index is 12.1. The monoisotopic (exact) mass is 271 g/mol. The Labute approximate surface area is 118 Å². The number of nitrogens with zero attached hydrogens (tertiary/aromatic N) is 2. The molecule has 1 aliphatic heterocycles. The van der Waals surface area contributed by atoms with E-state index < -0.39 is 0 Å². The van der Waals surface area contributed by atoms with Crippen LogP contribution in [0.5, 0.6) is 0 Å². The lowest BCUT2D eigenvalue weighted by atomic mass is 9.92. The summed E-state index contributed by atoms with van der Waals surface area (Å²) in [5.74, 6) is 2.20. The predicted molar refractivity (Wildman–Crippen MR) is 80.6 cm³/mol. The highest BCUT2D eigenvalue weighted by atomic mass is 16.1. The van der Waals surface area contributed by atoms with Crippen molar-refractivity contribution in [2.24, 2.45) is 11.8 Å². The van der Waals surface area contributed by atoms with Crippen molar-refractivity contribution in [2.45, 2.75) is 26.8 Å². The molecule has 1 N–H and O–H groups in total. The molecule has 0 bridgehead atoms. The van der Waals surface area contributed by atoms with Crippen molar-refractivity contribution in [2.75, 3.05) is 13.1 Å². The molecular formula is C16H21N3O. The van der Waals surface area contributed by atoms with Crippen LogP contribution in [0.25, 0.3) is 10.9 Å². The fraction of sp³-hybridized carbons (Fsp3) is 0.500. The van der Waals surface area contributed by atoms with Crippen LogP contribution in [0.4, 0.5) is 0 Å². The molecule has 2 aromatic rings. The van der Waals surface area contributed by atoms with E-state index in [0.717, 1.165) is 31.0 Å². The van der Waals surface area contributed by atoms with Crippen molar-refractivity contribution in [1.29, 1.82) is 0 Å². The van der Waals surface area contributed by atoms with E-state index in [9.17, 15) is 4.79 Å². The van der Waals surface area contributed by atoms with Gasteiger partial charge in [-0.15, -0.1) is 0 Å². The van der Waals surface area contributed by atoms with Crippen LogP contribution in [-0.4, -0.2) is 28.0 Å². The van der Waals surface area contributed by atoms with E-state index in [1.54, 1.807) is 0 Å². The van der Waals surface area contributed by atoms with Gasteiger partial charge in [-0.05, 0) is 30.4 Å². The number of aromatic nitrogens is 2. The second kappa shape index (κ2) is 5.37. The molecule has 0 unspecified atom stereocenters. The average molecular weight is 271 g/mol. The van der Waals surface area contributed by atoms with E-state index in [0.29, 0.717) is 17.2 Å². The van der Waals surface area contributed by atoms with Gasteiger partial charge < -0.3 is 4.98 Å². The standard InChI is InChI=1S/C16H21N3O/c1-11-7-12(2)9-19(8-11)10-15-17-14-6-4-3-5-13(14)16(20)18-15/h3-6,11-12H,7-10H2,1-2H3,(H,17,18,20)/t11-,12+. The molecule has 0 amide bonds. The Morgan fingerprint density at radius 1 is 1.25 bits per heavy atom.